The minimum atomic E-state index is -3.21. The zero-order valence-electron chi connectivity index (χ0n) is 18.1. The van der Waals surface area contributed by atoms with Crippen molar-refractivity contribution in [3.8, 4) is 23.0 Å². The summed E-state index contributed by atoms with van der Waals surface area (Å²) in [7, 11) is 0. The Balaban J connectivity index is 1.48. The van der Waals surface area contributed by atoms with Gasteiger partial charge in [0.2, 0.25) is 0 Å². The molecule has 0 aliphatic heterocycles. The van der Waals surface area contributed by atoms with Crippen molar-refractivity contribution in [3.63, 3.8) is 0 Å². The van der Waals surface area contributed by atoms with E-state index in [1.165, 1.54) is 6.07 Å². The maximum atomic E-state index is 12.6. The zero-order chi connectivity index (χ0) is 25.0. The molecule has 0 aromatic heterocycles. The van der Waals surface area contributed by atoms with E-state index in [0.717, 1.165) is 23.9 Å². The molecule has 0 spiro atoms. The number of amides is 1. The van der Waals surface area contributed by atoms with E-state index >= 15 is 0 Å². The normalized spacial score (nSPS) is 11.0. The fraction of sp³-hybridized carbons (Fsp3) is 0.167. The number of halogens is 4. The van der Waals surface area contributed by atoms with Crippen molar-refractivity contribution in [1.29, 1.82) is 0 Å². The van der Waals surface area contributed by atoms with E-state index in [2.05, 4.69) is 20.0 Å². The fourth-order valence-corrected chi connectivity index (χ4v) is 2.72. The summed E-state index contributed by atoms with van der Waals surface area (Å²) in [6.07, 6.45) is 1.01. The van der Waals surface area contributed by atoms with Gasteiger partial charge in [-0.1, -0.05) is 30.3 Å². The summed E-state index contributed by atoms with van der Waals surface area (Å²) in [4.78, 5) is 11.9. The summed E-state index contributed by atoms with van der Waals surface area (Å²) in [5, 5.41) is 3.64. The predicted octanol–water partition coefficient (Wildman–Crippen LogP) is 5.00. The minimum Gasteiger partial charge on any atom is -0.489 e. The average molecular weight is 492 g/mol. The van der Waals surface area contributed by atoms with Gasteiger partial charge in [-0.3, -0.25) is 4.79 Å². The molecule has 0 saturated carbocycles. The van der Waals surface area contributed by atoms with Gasteiger partial charge in [-0.2, -0.15) is 22.7 Å². The molecule has 3 aromatic rings. The Morgan fingerprint density at radius 1 is 0.829 bits per heavy atom. The molecule has 0 saturated heterocycles. The second-order valence-electron chi connectivity index (χ2n) is 6.78. The molecular formula is C24H20F4N2O5. The first kappa shape index (κ1) is 25.3. The van der Waals surface area contributed by atoms with Crippen LogP contribution in [0, 0.1) is 0 Å². The number of alkyl halides is 4. The highest BCUT2D eigenvalue weighted by atomic mass is 19.3. The number of hydrogen-bond donors (Lipinski definition) is 1. The van der Waals surface area contributed by atoms with E-state index in [9.17, 15) is 22.4 Å². The van der Waals surface area contributed by atoms with Crippen molar-refractivity contribution in [3.05, 3.63) is 83.9 Å². The minimum absolute atomic E-state index is 0.000716. The molecular weight excluding hydrogens is 472 g/mol. The van der Waals surface area contributed by atoms with Crippen LogP contribution in [0.2, 0.25) is 0 Å². The van der Waals surface area contributed by atoms with Gasteiger partial charge < -0.3 is 18.9 Å². The van der Waals surface area contributed by atoms with Crippen LogP contribution in [0.5, 0.6) is 23.0 Å². The summed E-state index contributed by atoms with van der Waals surface area (Å²) >= 11 is 0. The summed E-state index contributed by atoms with van der Waals surface area (Å²) < 4.78 is 69.3. The summed E-state index contributed by atoms with van der Waals surface area (Å²) in [6.45, 7) is -6.30. The van der Waals surface area contributed by atoms with Crippen LogP contribution in [0.4, 0.5) is 17.6 Å². The van der Waals surface area contributed by atoms with Gasteiger partial charge in [0.05, 0.1) is 6.21 Å². The average Bonchev–Trinajstić information content (AvgIpc) is 2.83. The molecule has 1 N–H and O–H groups in total. The van der Waals surface area contributed by atoms with Crippen LogP contribution in [-0.4, -0.2) is 32.0 Å². The van der Waals surface area contributed by atoms with Gasteiger partial charge in [0.1, 0.15) is 29.6 Å². The lowest BCUT2D eigenvalue weighted by molar-refractivity contribution is -0.123. The number of nitrogens with zero attached hydrogens (tertiary/aromatic N) is 1. The third-order valence-corrected chi connectivity index (χ3v) is 4.26. The lowest BCUT2D eigenvalue weighted by Gasteiger charge is -2.11. The zero-order valence-corrected chi connectivity index (χ0v) is 18.1. The van der Waals surface area contributed by atoms with Crippen LogP contribution in [0.25, 0.3) is 0 Å². The maximum absolute atomic E-state index is 12.6. The first-order valence-electron chi connectivity index (χ1n) is 10.1. The molecule has 1 amide bonds. The smallest absolute Gasteiger partial charge is 0.387 e. The number of carbonyl (C=O) groups excluding carboxylic acids is 1. The monoisotopic (exact) mass is 492 g/mol. The van der Waals surface area contributed by atoms with Crippen molar-refractivity contribution < 1.29 is 41.3 Å². The van der Waals surface area contributed by atoms with Crippen LogP contribution in [-0.2, 0) is 11.4 Å². The number of hydrazone groups is 1. The molecule has 11 heteroatoms. The van der Waals surface area contributed by atoms with Gasteiger partial charge in [-0.15, -0.1) is 0 Å². The lowest BCUT2D eigenvalue weighted by atomic mass is 10.2. The Kier molecular flexibility index (Phi) is 9.29. The fourth-order valence-electron chi connectivity index (χ4n) is 2.72. The van der Waals surface area contributed by atoms with Crippen LogP contribution in [0.1, 0.15) is 11.1 Å². The quantitative estimate of drug-likeness (QED) is 0.219. The number of hydrogen-bond acceptors (Lipinski definition) is 6. The highest BCUT2D eigenvalue weighted by Gasteiger charge is 2.13. The van der Waals surface area contributed by atoms with Crippen LogP contribution >= 0.6 is 0 Å². The first-order chi connectivity index (χ1) is 16.9. The van der Waals surface area contributed by atoms with E-state index in [1.54, 1.807) is 24.3 Å². The molecule has 0 unspecified atom stereocenters. The predicted molar refractivity (Wildman–Crippen MR) is 118 cm³/mol. The molecule has 3 aromatic carbocycles. The van der Waals surface area contributed by atoms with Gasteiger partial charge >= 0.3 is 13.2 Å². The van der Waals surface area contributed by atoms with Gasteiger partial charge in [-0.25, -0.2) is 5.43 Å². The molecule has 0 bridgehead atoms. The Labute approximate surface area is 197 Å². The molecule has 0 fully saturated rings. The van der Waals surface area contributed by atoms with Gasteiger partial charge in [0.15, 0.2) is 6.61 Å². The number of rotatable bonds is 12. The topological polar surface area (TPSA) is 78.4 Å². The molecule has 0 radical (unpaired) electrons. The number of ether oxygens (including phenoxy) is 4. The van der Waals surface area contributed by atoms with Crippen molar-refractivity contribution in [1.82, 2.24) is 5.43 Å². The Hall–Kier alpha value is -4.28. The second-order valence-corrected chi connectivity index (χ2v) is 6.78. The molecule has 7 nitrogen and oxygen atoms in total. The molecule has 35 heavy (non-hydrogen) atoms. The molecule has 0 heterocycles. The van der Waals surface area contributed by atoms with E-state index in [-0.39, 0.29) is 17.9 Å². The first-order valence-corrected chi connectivity index (χ1v) is 10.1. The van der Waals surface area contributed by atoms with Crippen molar-refractivity contribution >= 4 is 12.1 Å². The van der Waals surface area contributed by atoms with E-state index < -0.39 is 24.9 Å². The van der Waals surface area contributed by atoms with Crippen LogP contribution in [0.3, 0.4) is 0 Å². The summed E-state index contributed by atoms with van der Waals surface area (Å²) in [5.74, 6) is -0.413. The number of carbonyl (C=O) groups is 1. The number of nitrogens with one attached hydrogen (secondary N) is 1. The van der Waals surface area contributed by atoms with Gasteiger partial charge in [-0.05, 0) is 42.0 Å². The van der Waals surface area contributed by atoms with Crippen molar-refractivity contribution in [2.45, 2.75) is 19.8 Å². The summed E-state index contributed by atoms with van der Waals surface area (Å²) in [5.41, 5.74) is 3.19. The van der Waals surface area contributed by atoms with Crippen LogP contribution in [0.15, 0.2) is 77.9 Å². The van der Waals surface area contributed by atoms with Crippen molar-refractivity contribution in [2.75, 3.05) is 6.61 Å². The van der Waals surface area contributed by atoms with Gasteiger partial charge in [0, 0.05) is 11.6 Å². The van der Waals surface area contributed by atoms with E-state index in [0.29, 0.717) is 18.1 Å². The molecule has 0 aliphatic rings. The van der Waals surface area contributed by atoms with E-state index in [1.807, 2.05) is 30.3 Å². The molecule has 0 aliphatic carbocycles. The Morgan fingerprint density at radius 2 is 1.46 bits per heavy atom. The number of benzene rings is 3. The second kappa shape index (κ2) is 12.8. The highest BCUT2D eigenvalue weighted by Crippen LogP contribution is 2.26. The summed E-state index contributed by atoms with van der Waals surface area (Å²) in [6, 6.07) is 19.4. The molecule has 184 valence electrons. The maximum Gasteiger partial charge on any atom is 0.387 e. The van der Waals surface area contributed by atoms with Crippen molar-refractivity contribution in [2.24, 2.45) is 5.10 Å². The third kappa shape index (κ3) is 8.88. The van der Waals surface area contributed by atoms with Gasteiger partial charge in [0.25, 0.3) is 5.91 Å². The van der Waals surface area contributed by atoms with Crippen LogP contribution < -0.4 is 24.4 Å². The molecule has 3 rings (SSSR count). The lowest BCUT2D eigenvalue weighted by Crippen LogP contribution is -2.24. The Bertz CT molecular complexity index is 1110. The van der Waals surface area contributed by atoms with E-state index in [4.69, 9.17) is 9.47 Å². The molecule has 0 atom stereocenters. The highest BCUT2D eigenvalue weighted by molar-refractivity contribution is 5.85. The third-order valence-electron chi connectivity index (χ3n) is 4.26. The SMILES string of the molecule is O=C(COc1ccc(OCc2ccccc2)cc1)N/N=C/c1ccc(OC(F)F)cc1OC(F)F. The standard InChI is InChI=1S/C24H20F4N2O5/c25-23(26)34-20-7-6-17(21(12-20)35-24(27)28)13-29-30-22(31)15-33-19-10-8-18(9-11-19)32-14-16-4-2-1-3-5-16/h1-13,23-24H,14-15H2,(H,30,31)/b29-13+. The Morgan fingerprint density at radius 3 is 2.11 bits per heavy atom. The largest absolute Gasteiger partial charge is 0.489 e.